The minimum atomic E-state index is -0.227. The summed E-state index contributed by atoms with van der Waals surface area (Å²) < 4.78 is 13.1. The van der Waals surface area contributed by atoms with Crippen LogP contribution in [0.1, 0.15) is 21.5 Å². The van der Waals surface area contributed by atoms with E-state index >= 15 is 0 Å². The quantitative estimate of drug-likeness (QED) is 0.933. The molecule has 4 heteroatoms. The summed E-state index contributed by atoms with van der Waals surface area (Å²) in [6.07, 6.45) is 0. The van der Waals surface area contributed by atoms with Gasteiger partial charge in [0.1, 0.15) is 5.82 Å². The van der Waals surface area contributed by atoms with Crippen LogP contribution in [0.2, 0.25) is 0 Å². The Bertz CT molecular complexity index is 653. The molecule has 2 rings (SSSR count). The molecule has 0 aromatic heterocycles. The number of carbonyl (C=O) groups excluding carboxylic acids is 1. The largest absolute Gasteiger partial charge is 0.381 e. The van der Waals surface area contributed by atoms with Gasteiger partial charge in [-0.3, -0.25) is 4.79 Å². The fourth-order valence-electron chi connectivity index (χ4n) is 2.08. The first-order chi connectivity index (χ1) is 9.97. The van der Waals surface area contributed by atoms with Gasteiger partial charge in [0.2, 0.25) is 0 Å². The molecule has 0 atom stereocenters. The molecule has 0 bridgehead atoms. The van der Waals surface area contributed by atoms with Crippen LogP contribution in [0.25, 0.3) is 0 Å². The SMILES string of the molecule is Cc1cc(F)ccc1CNc1cccc(C(=O)N(C)C)c1. The number of anilines is 1. The average molecular weight is 286 g/mol. The summed E-state index contributed by atoms with van der Waals surface area (Å²) in [6.45, 7) is 2.47. The Hall–Kier alpha value is -2.36. The van der Waals surface area contributed by atoms with Gasteiger partial charge in [-0.05, 0) is 48.4 Å². The van der Waals surface area contributed by atoms with Crippen LogP contribution in [-0.4, -0.2) is 24.9 Å². The molecule has 0 saturated heterocycles. The normalized spacial score (nSPS) is 10.3. The fraction of sp³-hybridized carbons (Fsp3) is 0.235. The second-order valence-corrected chi connectivity index (χ2v) is 5.20. The van der Waals surface area contributed by atoms with Crippen molar-refractivity contribution in [2.45, 2.75) is 13.5 Å². The molecule has 1 amide bonds. The number of hydrogen-bond acceptors (Lipinski definition) is 2. The van der Waals surface area contributed by atoms with Gasteiger partial charge in [-0.25, -0.2) is 4.39 Å². The minimum absolute atomic E-state index is 0.0309. The zero-order chi connectivity index (χ0) is 15.4. The maximum Gasteiger partial charge on any atom is 0.253 e. The van der Waals surface area contributed by atoms with E-state index in [1.54, 1.807) is 31.1 Å². The van der Waals surface area contributed by atoms with Crippen LogP contribution in [0, 0.1) is 12.7 Å². The van der Waals surface area contributed by atoms with E-state index in [4.69, 9.17) is 0 Å². The van der Waals surface area contributed by atoms with Crippen molar-refractivity contribution in [2.75, 3.05) is 19.4 Å². The van der Waals surface area contributed by atoms with Crippen LogP contribution in [0.15, 0.2) is 42.5 Å². The summed E-state index contributed by atoms with van der Waals surface area (Å²) >= 11 is 0. The molecule has 3 nitrogen and oxygen atoms in total. The number of hydrogen-bond donors (Lipinski definition) is 1. The van der Waals surface area contributed by atoms with E-state index in [1.165, 1.54) is 12.1 Å². The summed E-state index contributed by atoms with van der Waals surface area (Å²) in [7, 11) is 3.45. The number of carbonyl (C=O) groups is 1. The molecule has 2 aromatic carbocycles. The van der Waals surface area contributed by atoms with Gasteiger partial charge in [0.05, 0.1) is 0 Å². The molecule has 2 aromatic rings. The van der Waals surface area contributed by atoms with Crippen molar-refractivity contribution in [1.82, 2.24) is 4.90 Å². The van der Waals surface area contributed by atoms with Gasteiger partial charge >= 0.3 is 0 Å². The lowest BCUT2D eigenvalue weighted by atomic mass is 10.1. The number of rotatable bonds is 4. The molecular weight excluding hydrogens is 267 g/mol. The molecule has 0 saturated carbocycles. The first kappa shape index (κ1) is 15.0. The van der Waals surface area contributed by atoms with Crippen LogP contribution in [-0.2, 0) is 6.54 Å². The van der Waals surface area contributed by atoms with Crippen LogP contribution in [0.3, 0.4) is 0 Å². The average Bonchev–Trinajstić information content (AvgIpc) is 2.45. The third-order valence-electron chi connectivity index (χ3n) is 3.30. The minimum Gasteiger partial charge on any atom is -0.381 e. The molecule has 0 aliphatic heterocycles. The predicted octanol–water partition coefficient (Wildman–Crippen LogP) is 3.45. The molecule has 0 aliphatic carbocycles. The second kappa shape index (κ2) is 6.39. The highest BCUT2D eigenvalue weighted by molar-refractivity contribution is 5.94. The topological polar surface area (TPSA) is 32.3 Å². The van der Waals surface area contributed by atoms with Gasteiger partial charge in [0.15, 0.2) is 0 Å². The number of benzene rings is 2. The maximum atomic E-state index is 13.1. The van der Waals surface area contributed by atoms with Gasteiger partial charge in [0.25, 0.3) is 5.91 Å². The van der Waals surface area contributed by atoms with Crippen LogP contribution in [0.4, 0.5) is 10.1 Å². The van der Waals surface area contributed by atoms with Gasteiger partial charge in [-0.15, -0.1) is 0 Å². The maximum absolute atomic E-state index is 13.1. The predicted molar refractivity (Wildman–Crippen MR) is 82.9 cm³/mol. The van der Waals surface area contributed by atoms with Gasteiger partial charge in [0, 0.05) is 31.9 Å². The summed E-state index contributed by atoms with van der Waals surface area (Å²) in [5, 5.41) is 3.26. The van der Waals surface area contributed by atoms with E-state index in [1.807, 2.05) is 25.1 Å². The van der Waals surface area contributed by atoms with Gasteiger partial charge in [-0.2, -0.15) is 0 Å². The lowest BCUT2D eigenvalue weighted by molar-refractivity contribution is 0.0827. The van der Waals surface area contributed by atoms with E-state index in [9.17, 15) is 9.18 Å². The van der Waals surface area contributed by atoms with Crippen LogP contribution >= 0.6 is 0 Å². The number of halogens is 1. The molecule has 0 spiro atoms. The summed E-state index contributed by atoms with van der Waals surface area (Å²) in [6, 6.07) is 12.1. The Morgan fingerprint density at radius 3 is 2.62 bits per heavy atom. The first-order valence-electron chi connectivity index (χ1n) is 6.78. The van der Waals surface area contributed by atoms with Crippen molar-refractivity contribution >= 4 is 11.6 Å². The van der Waals surface area contributed by atoms with Crippen molar-refractivity contribution < 1.29 is 9.18 Å². The number of nitrogens with one attached hydrogen (secondary N) is 1. The Morgan fingerprint density at radius 1 is 1.19 bits per heavy atom. The fourth-order valence-corrected chi connectivity index (χ4v) is 2.08. The monoisotopic (exact) mass is 286 g/mol. The molecule has 110 valence electrons. The summed E-state index contributed by atoms with van der Waals surface area (Å²) in [5.74, 6) is -0.258. The highest BCUT2D eigenvalue weighted by Gasteiger charge is 2.08. The number of aryl methyl sites for hydroxylation is 1. The van der Waals surface area contributed by atoms with Crippen molar-refractivity contribution in [3.05, 3.63) is 65.0 Å². The number of amides is 1. The lowest BCUT2D eigenvalue weighted by Crippen LogP contribution is -2.21. The third-order valence-corrected chi connectivity index (χ3v) is 3.30. The van der Waals surface area contributed by atoms with E-state index in [-0.39, 0.29) is 11.7 Å². The highest BCUT2D eigenvalue weighted by atomic mass is 19.1. The molecule has 0 unspecified atom stereocenters. The molecule has 0 aliphatic rings. The molecule has 0 radical (unpaired) electrons. The van der Waals surface area contributed by atoms with Crippen LogP contribution < -0.4 is 5.32 Å². The zero-order valence-corrected chi connectivity index (χ0v) is 12.5. The Morgan fingerprint density at radius 2 is 1.95 bits per heavy atom. The van der Waals surface area contributed by atoms with E-state index in [0.717, 1.165) is 16.8 Å². The Kier molecular flexibility index (Phi) is 4.58. The Labute approximate surface area is 124 Å². The van der Waals surface area contributed by atoms with Crippen LogP contribution in [0.5, 0.6) is 0 Å². The second-order valence-electron chi connectivity index (χ2n) is 5.20. The zero-order valence-electron chi connectivity index (χ0n) is 12.5. The molecule has 0 heterocycles. The van der Waals surface area contributed by atoms with Crippen molar-refractivity contribution in [3.63, 3.8) is 0 Å². The van der Waals surface area contributed by atoms with Gasteiger partial charge in [-0.1, -0.05) is 12.1 Å². The van der Waals surface area contributed by atoms with E-state index in [2.05, 4.69) is 5.32 Å². The molecule has 21 heavy (non-hydrogen) atoms. The first-order valence-corrected chi connectivity index (χ1v) is 6.78. The number of nitrogens with zero attached hydrogens (tertiary/aromatic N) is 1. The Balaban J connectivity index is 2.10. The van der Waals surface area contributed by atoms with E-state index in [0.29, 0.717) is 12.1 Å². The van der Waals surface area contributed by atoms with Gasteiger partial charge < -0.3 is 10.2 Å². The summed E-state index contributed by atoms with van der Waals surface area (Å²) in [5.41, 5.74) is 3.44. The molecule has 0 fully saturated rings. The highest BCUT2D eigenvalue weighted by Crippen LogP contribution is 2.15. The molecule has 1 N–H and O–H groups in total. The van der Waals surface area contributed by atoms with E-state index < -0.39 is 0 Å². The lowest BCUT2D eigenvalue weighted by Gasteiger charge is -2.13. The van der Waals surface area contributed by atoms with Crippen molar-refractivity contribution in [3.8, 4) is 0 Å². The smallest absolute Gasteiger partial charge is 0.253 e. The molecular formula is C17H19FN2O. The summed E-state index contributed by atoms with van der Waals surface area (Å²) in [4.78, 5) is 13.5. The third kappa shape index (κ3) is 3.81. The standard InChI is InChI=1S/C17H19FN2O/c1-12-9-15(18)8-7-14(12)11-19-16-6-4-5-13(10-16)17(21)20(2)3/h4-10,19H,11H2,1-3H3. The van der Waals surface area contributed by atoms with Crippen molar-refractivity contribution in [1.29, 1.82) is 0 Å². The van der Waals surface area contributed by atoms with Crippen molar-refractivity contribution in [2.24, 2.45) is 0 Å².